The van der Waals surface area contributed by atoms with Crippen LogP contribution in [-0.2, 0) is 0 Å². The van der Waals surface area contributed by atoms with Gasteiger partial charge in [0.05, 0.1) is 16.0 Å². The zero-order chi connectivity index (χ0) is 12.0. The number of alkyl halides is 1. The van der Waals surface area contributed by atoms with E-state index in [1.165, 1.54) is 18.2 Å². The van der Waals surface area contributed by atoms with Gasteiger partial charge in [-0.1, -0.05) is 23.8 Å². The van der Waals surface area contributed by atoms with Crippen molar-refractivity contribution in [2.45, 2.75) is 0 Å². The van der Waals surface area contributed by atoms with E-state index in [1.807, 2.05) is 0 Å². The number of benzene rings is 1. The lowest BCUT2D eigenvalue weighted by atomic mass is 10.3. The first-order valence-electron chi connectivity index (χ1n) is 4.43. The van der Waals surface area contributed by atoms with E-state index in [-0.39, 0.29) is 18.0 Å². The molecule has 0 saturated carbocycles. The van der Waals surface area contributed by atoms with Crippen LogP contribution in [0.1, 0.15) is 0 Å². The summed E-state index contributed by atoms with van der Waals surface area (Å²) >= 11 is 11.2. The maximum atomic E-state index is 10.5. The average molecular weight is 262 g/mol. The van der Waals surface area contributed by atoms with Crippen molar-refractivity contribution in [3.8, 4) is 5.75 Å². The van der Waals surface area contributed by atoms with Crippen LogP contribution in [0.15, 0.2) is 30.4 Å². The molecule has 0 radical (unpaired) electrons. The number of allylic oxidation sites excluding steroid dienone is 1. The van der Waals surface area contributed by atoms with E-state index in [2.05, 4.69) is 0 Å². The van der Waals surface area contributed by atoms with Gasteiger partial charge in [0.15, 0.2) is 0 Å². The highest BCUT2D eigenvalue weighted by atomic mass is 35.5. The number of nitro groups is 1. The zero-order valence-electron chi connectivity index (χ0n) is 8.23. The SMILES string of the molecule is O=[N+]([O-])c1ccc(Cl)c(OCC=CCCl)c1. The van der Waals surface area contributed by atoms with Gasteiger partial charge >= 0.3 is 0 Å². The molecule has 0 fully saturated rings. The van der Waals surface area contributed by atoms with Crippen molar-refractivity contribution >= 4 is 28.9 Å². The maximum absolute atomic E-state index is 10.5. The molecule has 1 aromatic rings. The normalized spacial score (nSPS) is 10.6. The molecule has 6 heteroatoms. The largest absolute Gasteiger partial charge is 0.488 e. The first-order valence-corrected chi connectivity index (χ1v) is 5.34. The number of halogens is 2. The summed E-state index contributed by atoms with van der Waals surface area (Å²) in [7, 11) is 0. The van der Waals surface area contributed by atoms with Crippen LogP contribution >= 0.6 is 23.2 Å². The smallest absolute Gasteiger partial charge is 0.273 e. The van der Waals surface area contributed by atoms with E-state index in [1.54, 1.807) is 12.2 Å². The van der Waals surface area contributed by atoms with Gasteiger partial charge in [-0.2, -0.15) is 0 Å². The molecule has 0 aromatic heterocycles. The molecule has 86 valence electrons. The first-order chi connectivity index (χ1) is 7.65. The minimum atomic E-state index is -0.502. The van der Waals surface area contributed by atoms with Crippen LogP contribution in [0.25, 0.3) is 0 Å². The van der Waals surface area contributed by atoms with Crippen molar-refractivity contribution in [2.24, 2.45) is 0 Å². The highest BCUT2D eigenvalue weighted by molar-refractivity contribution is 6.32. The molecule has 0 spiro atoms. The van der Waals surface area contributed by atoms with Crippen molar-refractivity contribution in [3.63, 3.8) is 0 Å². The topological polar surface area (TPSA) is 52.4 Å². The third-order valence-electron chi connectivity index (χ3n) is 1.72. The monoisotopic (exact) mass is 261 g/mol. The Hall–Kier alpha value is -1.26. The van der Waals surface area contributed by atoms with Crippen molar-refractivity contribution in [1.82, 2.24) is 0 Å². The number of nitro benzene ring substituents is 1. The Labute approximate surface area is 103 Å². The minimum absolute atomic E-state index is 0.0549. The van der Waals surface area contributed by atoms with Gasteiger partial charge in [-0.05, 0) is 6.07 Å². The van der Waals surface area contributed by atoms with Crippen LogP contribution < -0.4 is 4.74 Å². The van der Waals surface area contributed by atoms with E-state index in [9.17, 15) is 10.1 Å². The summed E-state index contributed by atoms with van der Waals surface area (Å²) in [5.41, 5.74) is -0.0549. The van der Waals surface area contributed by atoms with Crippen molar-refractivity contribution in [2.75, 3.05) is 12.5 Å². The number of nitrogens with zero attached hydrogens (tertiary/aromatic N) is 1. The number of ether oxygens (including phenoxy) is 1. The quantitative estimate of drug-likeness (QED) is 0.353. The molecule has 4 nitrogen and oxygen atoms in total. The highest BCUT2D eigenvalue weighted by Crippen LogP contribution is 2.28. The lowest BCUT2D eigenvalue weighted by Gasteiger charge is -2.04. The summed E-state index contributed by atoms with van der Waals surface area (Å²) in [6.45, 7) is 0.271. The maximum Gasteiger partial charge on any atom is 0.273 e. The van der Waals surface area contributed by atoms with E-state index < -0.39 is 4.92 Å². The van der Waals surface area contributed by atoms with Gasteiger partial charge in [0.2, 0.25) is 0 Å². The standard InChI is InChI=1S/C10H9Cl2NO3/c11-5-1-2-6-16-10-7-8(13(14)15)3-4-9(10)12/h1-4,7H,5-6H2. The second-order valence-corrected chi connectivity index (χ2v) is 3.52. The van der Waals surface area contributed by atoms with Gasteiger partial charge in [-0.15, -0.1) is 11.6 Å². The molecule has 1 rings (SSSR count). The Bertz CT molecular complexity index is 407. The third kappa shape index (κ3) is 3.72. The molecule has 0 aliphatic carbocycles. The second kappa shape index (κ2) is 6.35. The van der Waals surface area contributed by atoms with Crippen LogP contribution in [-0.4, -0.2) is 17.4 Å². The molecule has 0 bridgehead atoms. The number of hydrogen-bond donors (Lipinski definition) is 0. The zero-order valence-corrected chi connectivity index (χ0v) is 9.74. The highest BCUT2D eigenvalue weighted by Gasteiger charge is 2.09. The number of hydrogen-bond acceptors (Lipinski definition) is 3. The number of non-ortho nitro benzene ring substituents is 1. The van der Waals surface area contributed by atoms with E-state index in [0.29, 0.717) is 10.9 Å². The van der Waals surface area contributed by atoms with Gasteiger partial charge in [0.25, 0.3) is 5.69 Å². The molecule has 16 heavy (non-hydrogen) atoms. The molecule has 1 aromatic carbocycles. The van der Waals surface area contributed by atoms with Gasteiger partial charge in [-0.25, -0.2) is 0 Å². The van der Waals surface area contributed by atoms with Gasteiger partial charge in [-0.3, -0.25) is 10.1 Å². The van der Waals surface area contributed by atoms with E-state index in [0.717, 1.165) is 0 Å². The fourth-order valence-electron chi connectivity index (χ4n) is 0.985. The van der Waals surface area contributed by atoms with Gasteiger partial charge in [0.1, 0.15) is 12.4 Å². The fourth-order valence-corrected chi connectivity index (χ4v) is 1.28. The first kappa shape index (κ1) is 12.8. The summed E-state index contributed by atoms with van der Waals surface area (Å²) < 4.78 is 5.25. The summed E-state index contributed by atoms with van der Waals surface area (Å²) in [4.78, 5) is 10.0. The minimum Gasteiger partial charge on any atom is -0.488 e. The van der Waals surface area contributed by atoms with Gasteiger partial charge in [0, 0.05) is 11.9 Å². The molecule has 0 heterocycles. The molecule has 0 N–H and O–H groups in total. The Balaban J connectivity index is 2.74. The van der Waals surface area contributed by atoms with E-state index in [4.69, 9.17) is 27.9 Å². The summed E-state index contributed by atoms with van der Waals surface area (Å²) in [5, 5.41) is 10.9. The Morgan fingerprint density at radius 1 is 1.44 bits per heavy atom. The van der Waals surface area contributed by atoms with Crippen LogP contribution in [0.4, 0.5) is 5.69 Å². The molecule has 0 aliphatic heterocycles. The summed E-state index contributed by atoms with van der Waals surface area (Å²) in [5.74, 6) is 0.682. The predicted octanol–water partition coefficient (Wildman–Crippen LogP) is 3.42. The van der Waals surface area contributed by atoms with Crippen molar-refractivity contribution < 1.29 is 9.66 Å². The Kier molecular flexibility index (Phi) is 5.08. The van der Waals surface area contributed by atoms with Crippen LogP contribution in [0.2, 0.25) is 5.02 Å². The average Bonchev–Trinajstić information content (AvgIpc) is 2.26. The lowest BCUT2D eigenvalue weighted by Crippen LogP contribution is -1.96. The molecule has 0 saturated heterocycles. The molecule has 0 aliphatic rings. The summed E-state index contributed by atoms with van der Waals surface area (Å²) in [6.07, 6.45) is 3.43. The van der Waals surface area contributed by atoms with E-state index >= 15 is 0 Å². The van der Waals surface area contributed by atoms with Crippen LogP contribution in [0.5, 0.6) is 5.75 Å². The number of rotatable bonds is 5. The molecule has 0 amide bonds. The molecule has 0 atom stereocenters. The van der Waals surface area contributed by atoms with Crippen LogP contribution in [0, 0.1) is 10.1 Å². The lowest BCUT2D eigenvalue weighted by molar-refractivity contribution is -0.384. The fraction of sp³-hybridized carbons (Fsp3) is 0.200. The van der Waals surface area contributed by atoms with Crippen molar-refractivity contribution in [3.05, 3.63) is 45.5 Å². The second-order valence-electron chi connectivity index (χ2n) is 2.81. The Morgan fingerprint density at radius 2 is 2.19 bits per heavy atom. The van der Waals surface area contributed by atoms with Crippen molar-refractivity contribution in [1.29, 1.82) is 0 Å². The van der Waals surface area contributed by atoms with Gasteiger partial charge < -0.3 is 4.74 Å². The predicted molar refractivity (Wildman–Crippen MR) is 63.5 cm³/mol. The molecule has 0 unspecified atom stereocenters. The summed E-state index contributed by atoms with van der Waals surface area (Å²) in [6, 6.07) is 4.04. The Morgan fingerprint density at radius 3 is 2.81 bits per heavy atom. The molecular weight excluding hydrogens is 253 g/mol. The third-order valence-corrected chi connectivity index (χ3v) is 2.21. The van der Waals surface area contributed by atoms with Crippen LogP contribution in [0.3, 0.4) is 0 Å². The molecular formula is C10H9Cl2NO3.